The molecule has 2 rings (SSSR count). The summed E-state index contributed by atoms with van der Waals surface area (Å²) in [4.78, 5) is 0. The van der Waals surface area contributed by atoms with E-state index in [0.29, 0.717) is 12.1 Å². The summed E-state index contributed by atoms with van der Waals surface area (Å²) in [5.74, 6) is 0. The van der Waals surface area contributed by atoms with Crippen LogP contribution in [0.5, 0.6) is 0 Å². The average Bonchev–Trinajstić information content (AvgIpc) is 2.38. The maximum absolute atomic E-state index is 6.18. The van der Waals surface area contributed by atoms with Crippen molar-refractivity contribution in [2.24, 2.45) is 0 Å². The first-order valence-corrected chi connectivity index (χ1v) is 7.85. The van der Waals surface area contributed by atoms with Gasteiger partial charge in [0.2, 0.25) is 0 Å². The van der Waals surface area contributed by atoms with Crippen molar-refractivity contribution in [1.82, 2.24) is 5.32 Å². The van der Waals surface area contributed by atoms with Crippen LogP contribution in [0.3, 0.4) is 0 Å². The van der Waals surface area contributed by atoms with E-state index in [-0.39, 0.29) is 11.2 Å². The largest absolute Gasteiger partial charge is 0.368 e. The smallest absolute Gasteiger partial charge is 0.0787 e. The van der Waals surface area contributed by atoms with Crippen LogP contribution < -0.4 is 5.32 Å². The van der Waals surface area contributed by atoms with Gasteiger partial charge in [-0.15, -0.1) is 0 Å². The fraction of sp³-hybridized carbons (Fsp3) is 1.00. The lowest BCUT2D eigenvalue weighted by molar-refractivity contribution is -0.0706. The van der Waals surface area contributed by atoms with Crippen molar-refractivity contribution >= 4 is 0 Å². The molecule has 2 heteroatoms. The van der Waals surface area contributed by atoms with E-state index in [2.05, 4.69) is 33.0 Å². The van der Waals surface area contributed by atoms with E-state index in [0.717, 1.165) is 6.42 Å². The summed E-state index contributed by atoms with van der Waals surface area (Å²) in [6.07, 6.45) is 10.9. The van der Waals surface area contributed by atoms with Crippen LogP contribution in [0.2, 0.25) is 0 Å². The van der Waals surface area contributed by atoms with Crippen molar-refractivity contribution in [3.63, 3.8) is 0 Å². The van der Waals surface area contributed by atoms with E-state index in [1.165, 1.54) is 44.9 Å². The van der Waals surface area contributed by atoms with Crippen LogP contribution >= 0.6 is 0 Å². The molecule has 1 N–H and O–H groups in total. The monoisotopic (exact) mass is 253 g/mol. The van der Waals surface area contributed by atoms with Crippen LogP contribution in [0.15, 0.2) is 0 Å². The van der Waals surface area contributed by atoms with Gasteiger partial charge in [-0.3, -0.25) is 0 Å². The van der Waals surface area contributed by atoms with Crippen molar-refractivity contribution in [3.05, 3.63) is 0 Å². The number of nitrogens with one attached hydrogen (secondary N) is 1. The number of rotatable bonds is 2. The van der Waals surface area contributed by atoms with Crippen molar-refractivity contribution in [3.8, 4) is 0 Å². The zero-order chi connectivity index (χ0) is 13.2. The minimum atomic E-state index is -0.0220. The van der Waals surface area contributed by atoms with Gasteiger partial charge in [-0.25, -0.2) is 0 Å². The Morgan fingerprint density at radius 1 is 0.889 bits per heavy atom. The van der Waals surface area contributed by atoms with Crippen LogP contribution in [-0.2, 0) is 4.74 Å². The van der Waals surface area contributed by atoms with Crippen LogP contribution in [0, 0.1) is 0 Å². The number of ether oxygens (including phenoxy) is 1. The third-order valence-electron chi connectivity index (χ3n) is 4.62. The summed E-state index contributed by atoms with van der Waals surface area (Å²) >= 11 is 0. The Labute approximate surface area is 113 Å². The zero-order valence-corrected chi connectivity index (χ0v) is 12.7. The molecule has 0 aromatic rings. The Hall–Kier alpha value is -0.0800. The van der Waals surface area contributed by atoms with E-state index in [1.54, 1.807) is 0 Å². The van der Waals surface area contributed by atoms with E-state index in [4.69, 9.17) is 4.74 Å². The van der Waals surface area contributed by atoms with Gasteiger partial charge >= 0.3 is 0 Å². The Balaban J connectivity index is 1.91. The molecule has 1 unspecified atom stereocenters. The number of hydrogen-bond acceptors (Lipinski definition) is 2. The lowest BCUT2D eigenvalue weighted by Crippen LogP contribution is -2.48. The van der Waals surface area contributed by atoms with Gasteiger partial charge in [-0.05, 0) is 47.0 Å². The predicted octanol–water partition coefficient (Wildman–Crippen LogP) is 4.04. The topological polar surface area (TPSA) is 21.3 Å². The SMILES string of the molecule is CC1(C)CC(NC2CCCCCCC2)C(C)(C)O1. The second-order valence-corrected chi connectivity index (χ2v) is 7.43. The van der Waals surface area contributed by atoms with Gasteiger partial charge in [0, 0.05) is 12.1 Å². The Morgan fingerprint density at radius 3 is 1.94 bits per heavy atom. The highest BCUT2D eigenvalue weighted by atomic mass is 16.5. The van der Waals surface area contributed by atoms with Gasteiger partial charge in [-0.1, -0.05) is 32.1 Å². The molecule has 2 nitrogen and oxygen atoms in total. The summed E-state index contributed by atoms with van der Waals surface area (Å²) in [5, 5.41) is 3.91. The zero-order valence-electron chi connectivity index (χ0n) is 12.7. The predicted molar refractivity (Wildman–Crippen MR) is 76.9 cm³/mol. The average molecular weight is 253 g/mol. The van der Waals surface area contributed by atoms with Crippen LogP contribution in [0.25, 0.3) is 0 Å². The molecule has 0 aromatic heterocycles. The highest BCUT2D eigenvalue weighted by Gasteiger charge is 2.46. The lowest BCUT2D eigenvalue weighted by Gasteiger charge is -2.32. The molecular weight excluding hydrogens is 222 g/mol. The van der Waals surface area contributed by atoms with Crippen molar-refractivity contribution in [1.29, 1.82) is 0 Å². The van der Waals surface area contributed by atoms with Crippen molar-refractivity contribution < 1.29 is 4.74 Å². The molecule has 0 radical (unpaired) electrons. The molecule has 18 heavy (non-hydrogen) atoms. The highest BCUT2D eigenvalue weighted by molar-refractivity contribution is 5.00. The fourth-order valence-corrected chi connectivity index (χ4v) is 3.73. The van der Waals surface area contributed by atoms with Gasteiger partial charge < -0.3 is 10.1 Å². The molecule has 0 bridgehead atoms. The van der Waals surface area contributed by atoms with Crippen molar-refractivity contribution in [2.75, 3.05) is 0 Å². The minimum absolute atomic E-state index is 0.0220. The van der Waals surface area contributed by atoms with Gasteiger partial charge in [-0.2, -0.15) is 0 Å². The second-order valence-electron chi connectivity index (χ2n) is 7.43. The number of hydrogen-bond donors (Lipinski definition) is 1. The highest BCUT2D eigenvalue weighted by Crippen LogP contribution is 2.37. The molecule has 0 aromatic carbocycles. The van der Waals surface area contributed by atoms with E-state index in [9.17, 15) is 0 Å². The maximum atomic E-state index is 6.18. The fourth-order valence-electron chi connectivity index (χ4n) is 3.73. The molecule has 1 heterocycles. The normalized spacial score (nSPS) is 33.0. The molecule has 0 spiro atoms. The maximum Gasteiger partial charge on any atom is 0.0787 e. The third-order valence-corrected chi connectivity index (χ3v) is 4.62. The summed E-state index contributed by atoms with van der Waals surface area (Å²) in [6, 6.07) is 1.23. The molecule has 106 valence electrons. The first-order valence-electron chi connectivity index (χ1n) is 7.85. The standard InChI is InChI=1S/C16H31NO/c1-15(2)12-14(16(3,4)18-15)17-13-10-8-6-5-7-9-11-13/h13-14,17H,5-12H2,1-4H3. The lowest BCUT2D eigenvalue weighted by atomic mass is 9.91. The molecule has 1 saturated heterocycles. The van der Waals surface area contributed by atoms with Gasteiger partial charge in [0.25, 0.3) is 0 Å². The second kappa shape index (κ2) is 5.50. The summed E-state index contributed by atoms with van der Waals surface area (Å²) in [5.41, 5.74) is 0.00858. The van der Waals surface area contributed by atoms with E-state index in [1.807, 2.05) is 0 Å². The molecule has 2 fully saturated rings. The van der Waals surface area contributed by atoms with Gasteiger partial charge in [0.15, 0.2) is 0 Å². The minimum Gasteiger partial charge on any atom is -0.368 e. The van der Waals surface area contributed by atoms with Crippen LogP contribution in [-0.4, -0.2) is 23.3 Å². The summed E-state index contributed by atoms with van der Waals surface area (Å²) in [7, 11) is 0. The van der Waals surface area contributed by atoms with Crippen LogP contribution in [0.4, 0.5) is 0 Å². The molecule has 1 aliphatic heterocycles. The molecule has 1 atom stereocenters. The van der Waals surface area contributed by atoms with Gasteiger partial charge in [0.05, 0.1) is 11.2 Å². The summed E-state index contributed by atoms with van der Waals surface area (Å²) < 4.78 is 6.18. The summed E-state index contributed by atoms with van der Waals surface area (Å²) in [6.45, 7) is 8.91. The Bertz CT molecular complexity index is 264. The third kappa shape index (κ3) is 3.71. The quantitative estimate of drug-likeness (QED) is 0.802. The van der Waals surface area contributed by atoms with Gasteiger partial charge in [0.1, 0.15) is 0 Å². The first-order chi connectivity index (χ1) is 8.39. The van der Waals surface area contributed by atoms with Crippen LogP contribution in [0.1, 0.15) is 79.1 Å². The molecular formula is C16H31NO. The molecule has 0 amide bonds. The molecule has 1 aliphatic carbocycles. The van der Waals surface area contributed by atoms with E-state index < -0.39 is 0 Å². The molecule has 2 aliphatic rings. The van der Waals surface area contributed by atoms with E-state index >= 15 is 0 Å². The first kappa shape index (κ1) is 14.3. The Morgan fingerprint density at radius 2 is 1.44 bits per heavy atom. The molecule has 1 saturated carbocycles. The van der Waals surface area contributed by atoms with Crippen molar-refractivity contribution in [2.45, 2.75) is 102 Å². The Kier molecular flexibility index (Phi) is 4.38.